The minimum Gasteiger partial charge on any atom is -0.410 e. The van der Waals surface area contributed by atoms with Gasteiger partial charge in [0.25, 0.3) is 0 Å². The van der Waals surface area contributed by atoms with Crippen molar-refractivity contribution in [2.24, 2.45) is 5.92 Å². The van der Waals surface area contributed by atoms with Crippen molar-refractivity contribution in [3.05, 3.63) is 35.7 Å². The number of rotatable bonds is 1. The van der Waals surface area contributed by atoms with E-state index in [1.54, 1.807) is 29.2 Å². The zero-order valence-corrected chi connectivity index (χ0v) is 10.4. The first-order chi connectivity index (χ1) is 8.69. The normalized spacial score (nSPS) is 16.1. The van der Waals surface area contributed by atoms with Gasteiger partial charge in [-0.1, -0.05) is 19.1 Å². The number of hydrogen-bond donors (Lipinski definition) is 0. The zero-order chi connectivity index (χ0) is 13.0. The molecule has 0 atom stereocenters. The van der Waals surface area contributed by atoms with Crippen LogP contribution in [0, 0.1) is 12.5 Å². The fourth-order valence-corrected chi connectivity index (χ4v) is 1.95. The van der Waals surface area contributed by atoms with Crippen LogP contribution in [0.4, 0.5) is 10.5 Å². The van der Waals surface area contributed by atoms with Gasteiger partial charge in [-0.2, -0.15) is 0 Å². The van der Waals surface area contributed by atoms with Gasteiger partial charge in [0.2, 0.25) is 0 Å². The maximum Gasteiger partial charge on any atom is 0.415 e. The molecule has 1 aromatic rings. The standard InChI is InChI=1S/C14H16N2O2/c1-11-7-9-16(10-8-11)14(17)18-13-5-3-12(15-2)4-6-13/h3-6,11H,7-10H2,1H3. The highest BCUT2D eigenvalue weighted by molar-refractivity contribution is 5.71. The Kier molecular flexibility index (Phi) is 3.83. The van der Waals surface area contributed by atoms with Crippen molar-refractivity contribution in [2.75, 3.05) is 13.1 Å². The number of likely N-dealkylation sites (tertiary alicyclic amines) is 1. The third kappa shape index (κ3) is 3.01. The smallest absolute Gasteiger partial charge is 0.410 e. The summed E-state index contributed by atoms with van der Waals surface area (Å²) in [4.78, 5) is 16.9. The van der Waals surface area contributed by atoms with Crippen molar-refractivity contribution in [3.8, 4) is 5.75 Å². The first-order valence-electron chi connectivity index (χ1n) is 6.13. The van der Waals surface area contributed by atoms with Gasteiger partial charge in [0.15, 0.2) is 5.69 Å². The lowest BCUT2D eigenvalue weighted by molar-refractivity contribution is 0.133. The molecule has 0 aromatic heterocycles. The van der Waals surface area contributed by atoms with E-state index in [-0.39, 0.29) is 6.09 Å². The fraction of sp³-hybridized carbons (Fsp3) is 0.429. The lowest BCUT2D eigenvalue weighted by Crippen LogP contribution is -2.39. The fourth-order valence-electron chi connectivity index (χ4n) is 1.95. The molecule has 1 heterocycles. The number of hydrogen-bond acceptors (Lipinski definition) is 2. The van der Waals surface area contributed by atoms with Crippen LogP contribution in [-0.2, 0) is 0 Å². The number of carbonyl (C=O) groups excluding carboxylic acids is 1. The maximum atomic E-state index is 11.9. The van der Waals surface area contributed by atoms with Gasteiger partial charge in [-0.25, -0.2) is 9.64 Å². The molecule has 0 N–H and O–H groups in total. The van der Waals surface area contributed by atoms with E-state index in [9.17, 15) is 4.79 Å². The van der Waals surface area contributed by atoms with E-state index >= 15 is 0 Å². The van der Waals surface area contributed by atoms with Crippen LogP contribution in [0.25, 0.3) is 4.85 Å². The molecule has 1 amide bonds. The van der Waals surface area contributed by atoms with Crippen LogP contribution in [0.1, 0.15) is 19.8 Å². The summed E-state index contributed by atoms with van der Waals surface area (Å²) in [5, 5.41) is 0. The summed E-state index contributed by atoms with van der Waals surface area (Å²) in [6, 6.07) is 6.59. The van der Waals surface area contributed by atoms with Crippen LogP contribution in [-0.4, -0.2) is 24.1 Å². The SMILES string of the molecule is [C-]#[N+]c1ccc(OC(=O)N2CCC(C)CC2)cc1. The first kappa shape index (κ1) is 12.4. The van der Waals surface area contributed by atoms with Gasteiger partial charge in [0.1, 0.15) is 5.75 Å². The Balaban J connectivity index is 1.92. The molecule has 1 aliphatic heterocycles. The molecule has 0 unspecified atom stereocenters. The second-order valence-electron chi connectivity index (χ2n) is 4.64. The Labute approximate surface area is 107 Å². The van der Waals surface area contributed by atoms with Crippen molar-refractivity contribution < 1.29 is 9.53 Å². The van der Waals surface area contributed by atoms with Crippen molar-refractivity contribution in [2.45, 2.75) is 19.8 Å². The summed E-state index contributed by atoms with van der Waals surface area (Å²) in [6.07, 6.45) is 1.77. The Hall–Kier alpha value is -2.02. The molecule has 1 fully saturated rings. The summed E-state index contributed by atoms with van der Waals surface area (Å²) < 4.78 is 5.27. The molecule has 0 aliphatic carbocycles. The highest BCUT2D eigenvalue weighted by Crippen LogP contribution is 2.20. The van der Waals surface area contributed by atoms with Crippen LogP contribution >= 0.6 is 0 Å². The van der Waals surface area contributed by atoms with Crippen molar-refractivity contribution in [1.29, 1.82) is 0 Å². The van der Waals surface area contributed by atoms with E-state index in [1.807, 2.05) is 0 Å². The van der Waals surface area contributed by atoms with Gasteiger partial charge in [-0.3, -0.25) is 0 Å². The van der Waals surface area contributed by atoms with Gasteiger partial charge in [0.05, 0.1) is 6.57 Å². The van der Waals surface area contributed by atoms with Crippen LogP contribution in [0.2, 0.25) is 0 Å². The predicted octanol–water partition coefficient (Wildman–Crippen LogP) is 3.47. The molecule has 18 heavy (non-hydrogen) atoms. The van der Waals surface area contributed by atoms with Gasteiger partial charge >= 0.3 is 6.09 Å². The molecule has 4 nitrogen and oxygen atoms in total. The van der Waals surface area contributed by atoms with E-state index in [4.69, 9.17) is 11.3 Å². The number of nitrogens with zero attached hydrogens (tertiary/aromatic N) is 2. The van der Waals surface area contributed by atoms with Gasteiger partial charge in [0, 0.05) is 13.1 Å². The lowest BCUT2D eigenvalue weighted by Gasteiger charge is -2.29. The summed E-state index contributed by atoms with van der Waals surface area (Å²) in [7, 11) is 0. The van der Waals surface area contributed by atoms with Gasteiger partial charge in [-0.05, 0) is 30.9 Å². The topological polar surface area (TPSA) is 33.9 Å². The van der Waals surface area contributed by atoms with E-state index in [0.717, 1.165) is 25.9 Å². The summed E-state index contributed by atoms with van der Waals surface area (Å²) in [5.74, 6) is 1.18. The summed E-state index contributed by atoms with van der Waals surface area (Å²) in [5.41, 5.74) is 0.543. The largest absolute Gasteiger partial charge is 0.415 e. The second kappa shape index (κ2) is 5.54. The van der Waals surface area contributed by atoms with Gasteiger partial charge < -0.3 is 9.64 Å². The van der Waals surface area contributed by atoms with E-state index in [1.165, 1.54) is 0 Å². The molecule has 0 radical (unpaired) electrons. The highest BCUT2D eigenvalue weighted by Gasteiger charge is 2.21. The average Bonchev–Trinajstić information content (AvgIpc) is 2.40. The Bertz CT molecular complexity index is 454. The number of benzene rings is 1. The highest BCUT2D eigenvalue weighted by atomic mass is 16.6. The predicted molar refractivity (Wildman–Crippen MR) is 68.7 cm³/mol. The molecule has 4 heteroatoms. The Morgan fingerprint density at radius 1 is 1.33 bits per heavy atom. The molecule has 2 rings (SSSR count). The van der Waals surface area contributed by atoms with E-state index in [0.29, 0.717) is 17.4 Å². The Morgan fingerprint density at radius 2 is 1.94 bits per heavy atom. The quantitative estimate of drug-likeness (QED) is 0.709. The maximum absolute atomic E-state index is 11.9. The van der Waals surface area contributed by atoms with Crippen molar-refractivity contribution in [3.63, 3.8) is 0 Å². The minimum atomic E-state index is -0.294. The van der Waals surface area contributed by atoms with Crippen LogP contribution < -0.4 is 4.74 Å². The summed E-state index contributed by atoms with van der Waals surface area (Å²) in [6.45, 7) is 10.6. The first-order valence-corrected chi connectivity index (χ1v) is 6.13. The second-order valence-corrected chi connectivity index (χ2v) is 4.64. The van der Waals surface area contributed by atoms with Crippen molar-refractivity contribution >= 4 is 11.8 Å². The molecule has 1 aliphatic rings. The molecule has 0 saturated carbocycles. The molecular weight excluding hydrogens is 228 g/mol. The number of amides is 1. The molecular formula is C14H16N2O2. The van der Waals surface area contributed by atoms with Crippen LogP contribution in [0.5, 0.6) is 5.75 Å². The molecule has 94 valence electrons. The average molecular weight is 244 g/mol. The molecule has 1 saturated heterocycles. The summed E-state index contributed by atoms with van der Waals surface area (Å²) >= 11 is 0. The lowest BCUT2D eigenvalue weighted by atomic mass is 10.00. The monoisotopic (exact) mass is 244 g/mol. The van der Waals surface area contributed by atoms with Crippen molar-refractivity contribution in [1.82, 2.24) is 4.90 Å². The number of piperidine rings is 1. The van der Waals surface area contributed by atoms with Gasteiger partial charge in [-0.15, -0.1) is 0 Å². The van der Waals surface area contributed by atoms with Crippen LogP contribution in [0.15, 0.2) is 24.3 Å². The zero-order valence-electron chi connectivity index (χ0n) is 10.4. The number of carbonyl (C=O) groups is 1. The minimum absolute atomic E-state index is 0.294. The third-order valence-corrected chi connectivity index (χ3v) is 3.21. The van der Waals surface area contributed by atoms with E-state index in [2.05, 4.69) is 11.8 Å². The third-order valence-electron chi connectivity index (χ3n) is 3.21. The Morgan fingerprint density at radius 3 is 2.50 bits per heavy atom. The van der Waals surface area contributed by atoms with Crippen LogP contribution in [0.3, 0.4) is 0 Å². The molecule has 1 aromatic carbocycles. The molecule has 0 spiro atoms. The molecule has 0 bridgehead atoms. The van der Waals surface area contributed by atoms with E-state index < -0.39 is 0 Å². The number of ether oxygens (including phenoxy) is 1.